The number of thiazole rings is 1. The highest BCUT2D eigenvalue weighted by molar-refractivity contribution is 7.12. The summed E-state index contributed by atoms with van der Waals surface area (Å²) in [5, 5.41) is 12.9. The van der Waals surface area contributed by atoms with Crippen LogP contribution in [0.4, 0.5) is 0 Å². The molecule has 0 bridgehead atoms. The minimum Gasteiger partial charge on any atom is -0.494 e. The molecule has 0 unspecified atom stereocenters. The van der Waals surface area contributed by atoms with Crippen molar-refractivity contribution in [3.63, 3.8) is 0 Å². The van der Waals surface area contributed by atoms with Crippen LogP contribution >= 0.6 is 11.3 Å². The van der Waals surface area contributed by atoms with Crippen molar-refractivity contribution in [2.24, 2.45) is 14.1 Å². The molecule has 4 heterocycles. The minimum absolute atomic E-state index is 0.0118. The molecule has 0 atom stereocenters. The van der Waals surface area contributed by atoms with Crippen molar-refractivity contribution in [2.75, 3.05) is 0 Å². The highest BCUT2D eigenvalue weighted by Crippen LogP contribution is 2.26. The molecule has 0 aliphatic carbocycles. The van der Waals surface area contributed by atoms with Crippen LogP contribution in [-0.2, 0) is 20.5 Å². The predicted octanol–water partition coefficient (Wildman–Crippen LogP) is 0.150. The Hall–Kier alpha value is -3.21. The third-order valence-electron chi connectivity index (χ3n) is 4.49. The van der Waals surface area contributed by atoms with Crippen molar-refractivity contribution in [3.8, 4) is 11.0 Å². The van der Waals surface area contributed by atoms with Crippen molar-refractivity contribution in [1.29, 1.82) is 0 Å². The first-order chi connectivity index (χ1) is 12.9. The van der Waals surface area contributed by atoms with E-state index in [2.05, 4.69) is 9.97 Å². The molecule has 10 nitrogen and oxygen atoms in total. The zero-order valence-corrected chi connectivity index (χ0v) is 15.6. The van der Waals surface area contributed by atoms with Gasteiger partial charge in [0.25, 0.3) is 11.1 Å². The van der Waals surface area contributed by atoms with Gasteiger partial charge in [-0.15, -0.1) is 11.3 Å². The number of aromatic nitrogens is 6. The maximum atomic E-state index is 13.1. The number of aromatic hydroxyl groups is 1. The summed E-state index contributed by atoms with van der Waals surface area (Å²) in [5.41, 5.74) is -1.50. The van der Waals surface area contributed by atoms with Crippen LogP contribution in [0.25, 0.3) is 22.1 Å². The van der Waals surface area contributed by atoms with E-state index in [9.17, 15) is 19.5 Å². The van der Waals surface area contributed by atoms with E-state index in [1.807, 2.05) is 6.92 Å². The number of hydrogen-bond donors (Lipinski definition) is 1. The molecule has 4 aromatic rings. The average Bonchev–Trinajstić information content (AvgIpc) is 3.30. The lowest BCUT2D eigenvalue weighted by Gasteiger charge is -2.11. The largest absolute Gasteiger partial charge is 0.494 e. The lowest BCUT2D eigenvalue weighted by atomic mass is 10.2. The molecule has 0 aliphatic heterocycles. The molecule has 0 aromatic carbocycles. The van der Waals surface area contributed by atoms with Gasteiger partial charge in [0.15, 0.2) is 16.3 Å². The second-order valence-corrected chi connectivity index (χ2v) is 7.01. The van der Waals surface area contributed by atoms with E-state index in [1.165, 1.54) is 34.6 Å². The molecule has 11 heteroatoms. The minimum atomic E-state index is -0.628. The maximum absolute atomic E-state index is 13.1. The third-order valence-corrected chi connectivity index (χ3v) is 5.25. The highest BCUT2D eigenvalue weighted by atomic mass is 32.1. The molecule has 0 aliphatic rings. The van der Waals surface area contributed by atoms with E-state index in [-0.39, 0.29) is 28.4 Å². The van der Waals surface area contributed by atoms with Crippen LogP contribution in [0.3, 0.4) is 0 Å². The van der Waals surface area contributed by atoms with E-state index < -0.39 is 16.8 Å². The second kappa shape index (κ2) is 5.91. The van der Waals surface area contributed by atoms with Gasteiger partial charge in [-0.2, -0.15) is 4.98 Å². The first kappa shape index (κ1) is 17.2. The molecule has 4 aromatic heterocycles. The first-order valence-corrected chi connectivity index (χ1v) is 9.11. The van der Waals surface area contributed by atoms with Crippen LogP contribution in [0, 0.1) is 0 Å². The summed E-state index contributed by atoms with van der Waals surface area (Å²) in [6.45, 7) is 1.88. The van der Waals surface area contributed by atoms with Gasteiger partial charge < -0.3 is 5.11 Å². The fraction of sp³-hybridized carbons (Fsp3) is 0.312. The Kier molecular flexibility index (Phi) is 3.77. The smallest absolute Gasteiger partial charge is 0.332 e. The zero-order valence-electron chi connectivity index (χ0n) is 14.8. The average molecular weight is 388 g/mol. The summed E-state index contributed by atoms with van der Waals surface area (Å²) in [5.74, 6) is -0.234. The fourth-order valence-corrected chi connectivity index (χ4v) is 3.80. The van der Waals surface area contributed by atoms with Gasteiger partial charge in [-0.25, -0.2) is 18.7 Å². The summed E-state index contributed by atoms with van der Waals surface area (Å²) >= 11 is 1.25. The number of fused-ring (bicyclic) bond motifs is 3. The van der Waals surface area contributed by atoms with Gasteiger partial charge in [-0.1, -0.05) is 13.3 Å². The SMILES string of the molecule is CCCc1c(O)n(-c2nccs2)c2nc3c(c(=O)n(C)c(=O)n3C)n2c1=O. The van der Waals surface area contributed by atoms with Crippen LogP contribution in [0.15, 0.2) is 26.0 Å². The van der Waals surface area contributed by atoms with Crippen molar-refractivity contribution < 1.29 is 5.11 Å². The van der Waals surface area contributed by atoms with Crippen LogP contribution in [-0.4, -0.2) is 33.2 Å². The Labute approximate surface area is 155 Å². The molecule has 4 rings (SSSR count). The summed E-state index contributed by atoms with van der Waals surface area (Å²) in [6.07, 6.45) is 2.50. The fourth-order valence-electron chi connectivity index (χ4n) is 3.16. The molecule has 0 amide bonds. The molecular formula is C16H16N6O4S. The van der Waals surface area contributed by atoms with Crippen LogP contribution < -0.4 is 16.8 Å². The van der Waals surface area contributed by atoms with E-state index in [0.29, 0.717) is 18.0 Å². The Morgan fingerprint density at radius 3 is 2.52 bits per heavy atom. The number of aryl methyl sites for hydroxylation is 1. The predicted molar refractivity (Wildman–Crippen MR) is 100 cm³/mol. The van der Waals surface area contributed by atoms with Crippen LogP contribution in [0.1, 0.15) is 18.9 Å². The number of rotatable bonds is 3. The molecule has 0 spiro atoms. The third kappa shape index (κ3) is 2.21. The highest BCUT2D eigenvalue weighted by Gasteiger charge is 2.25. The van der Waals surface area contributed by atoms with Gasteiger partial charge in [-0.3, -0.25) is 18.7 Å². The number of imidazole rings is 1. The summed E-state index contributed by atoms with van der Waals surface area (Å²) in [7, 11) is 2.82. The molecule has 140 valence electrons. The molecule has 0 fully saturated rings. The van der Waals surface area contributed by atoms with E-state index >= 15 is 0 Å². The normalized spacial score (nSPS) is 11.7. The van der Waals surface area contributed by atoms with Gasteiger partial charge in [0.05, 0.1) is 5.56 Å². The van der Waals surface area contributed by atoms with E-state index in [4.69, 9.17) is 0 Å². The van der Waals surface area contributed by atoms with Crippen LogP contribution in [0.2, 0.25) is 0 Å². The summed E-state index contributed by atoms with van der Waals surface area (Å²) in [4.78, 5) is 46.6. The van der Waals surface area contributed by atoms with Crippen molar-refractivity contribution in [3.05, 3.63) is 48.3 Å². The Bertz CT molecular complexity index is 1370. The lowest BCUT2D eigenvalue weighted by molar-refractivity contribution is 0.429. The van der Waals surface area contributed by atoms with Gasteiger partial charge in [0.2, 0.25) is 11.7 Å². The Balaban J connectivity index is 2.37. The summed E-state index contributed by atoms with van der Waals surface area (Å²) in [6, 6.07) is 0. The zero-order chi connectivity index (χ0) is 19.5. The van der Waals surface area contributed by atoms with Gasteiger partial charge in [0, 0.05) is 25.7 Å². The van der Waals surface area contributed by atoms with E-state index in [0.717, 1.165) is 8.97 Å². The van der Waals surface area contributed by atoms with Crippen molar-refractivity contribution >= 4 is 28.3 Å². The topological polar surface area (TPSA) is 116 Å². The lowest BCUT2D eigenvalue weighted by Crippen LogP contribution is -2.38. The van der Waals surface area contributed by atoms with Gasteiger partial charge >= 0.3 is 5.69 Å². The molecule has 1 N–H and O–H groups in total. The van der Waals surface area contributed by atoms with E-state index in [1.54, 1.807) is 11.6 Å². The molecule has 27 heavy (non-hydrogen) atoms. The summed E-state index contributed by atoms with van der Waals surface area (Å²) < 4.78 is 4.62. The van der Waals surface area contributed by atoms with Gasteiger partial charge in [-0.05, 0) is 6.42 Å². The Morgan fingerprint density at radius 1 is 1.15 bits per heavy atom. The number of nitrogens with zero attached hydrogens (tertiary/aromatic N) is 6. The molecule has 0 radical (unpaired) electrons. The quantitative estimate of drug-likeness (QED) is 0.534. The standard InChI is InChI=1S/C16H16N6O4S/c1-4-5-8-11(23)21-9-10(19(2)16(26)20(3)13(9)25)18-14(21)22(12(8)24)15-17-6-7-27-15/h6-7,24H,4-5H2,1-3H3. The Morgan fingerprint density at radius 2 is 1.89 bits per heavy atom. The second-order valence-electron chi connectivity index (χ2n) is 6.13. The molecule has 0 saturated heterocycles. The van der Waals surface area contributed by atoms with Crippen LogP contribution in [0.5, 0.6) is 5.88 Å². The molecule has 0 saturated carbocycles. The van der Waals surface area contributed by atoms with Gasteiger partial charge in [0.1, 0.15) is 0 Å². The number of hydrogen-bond acceptors (Lipinski definition) is 7. The molecular weight excluding hydrogens is 372 g/mol. The van der Waals surface area contributed by atoms with Crippen molar-refractivity contribution in [2.45, 2.75) is 19.8 Å². The van der Waals surface area contributed by atoms with Crippen molar-refractivity contribution in [1.82, 2.24) is 28.1 Å². The monoisotopic (exact) mass is 388 g/mol. The maximum Gasteiger partial charge on any atom is 0.332 e. The first-order valence-electron chi connectivity index (χ1n) is 8.23.